The lowest BCUT2D eigenvalue weighted by molar-refractivity contribution is -0.115. The first-order valence-electron chi connectivity index (χ1n) is 10.3. The van der Waals surface area contributed by atoms with Crippen LogP contribution in [0.3, 0.4) is 0 Å². The summed E-state index contributed by atoms with van der Waals surface area (Å²) in [5.74, 6) is -1.83. The molecular formula is C24H21Cl3N2O5S. The van der Waals surface area contributed by atoms with Gasteiger partial charge in [0.2, 0.25) is 5.91 Å². The van der Waals surface area contributed by atoms with E-state index in [0.717, 1.165) is 11.6 Å². The van der Waals surface area contributed by atoms with Gasteiger partial charge in [0.05, 0.1) is 31.9 Å². The lowest BCUT2D eigenvalue weighted by atomic mass is 10.2. The number of hydrogen-bond donors (Lipinski definition) is 3. The van der Waals surface area contributed by atoms with Crippen LogP contribution < -0.4 is 10.6 Å². The maximum atomic E-state index is 13.0. The van der Waals surface area contributed by atoms with Crippen LogP contribution in [0.1, 0.15) is 29.3 Å². The van der Waals surface area contributed by atoms with Crippen molar-refractivity contribution < 1.29 is 23.1 Å². The summed E-state index contributed by atoms with van der Waals surface area (Å²) in [7, 11) is -3.97. The third-order valence-corrected chi connectivity index (χ3v) is 8.19. The van der Waals surface area contributed by atoms with Gasteiger partial charge in [-0.25, -0.2) is 8.42 Å². The molecule has 0 fully saturated rings. The Morgan fingerprint density at radius 2 is 1.66 bits per heavy atom. The molecule has 1 unspecified atom stereocenters. The number of nitrogens with one attached hydrogen (secondary N) is 2. The predicted molar refractivity (Wildman–Crippen MR) is 139 cm³/mol. The number of carbonyl (C=O) groups excluding carboxylic acids is 2. The van der Waals surface area contributed by atoms with E-state index in [1.165, 1.54) is 36.4 Å². The molecule has 0 spiro atoms. The molecule has 0 saturated heterocycles. The summed E-state index contributed by atoms with van der Waals surface area (Å²) in [6, 6.07) is 12.9. The lowest BCUT2D eigenvalue weighted by Crippen LogP contribution is -2.34. The number of benzene rings is 3. The Morgan fingerprint density at radius 3 is 2.29 bits per heavy atom. The standard InChI is InChI=1S/C24H21Cl3N2O5S/c1-3-22(35(33,34)15-6-4-5-13(2)9-15)24(32)28-19-12-21(30)20(11-18(19)27)29-23(31)16-8-7-14(25)10-17(16)26/h4-12,22,30H,3H2,1-2H3,(H,28,32)(H,29,31). The summed E-state index contributed by atoms with van der Waals surface area (Å²) in [5, 5.41) is 14.4. The fraction of sp³-hybridized carbons (Fsp3) is 0.167. The smallest absolute Gasteiger partial charge is 0.257 e. The highest BCUT2D eigenvalue weighted by Crippen LogP contribution is 2.35. The van der Waals surface area contributed by atoms with Gasteiger partial charge in [-0.2, -0.15) is 0 Å². The van der Waals surface area contributed by atoms with E-state index in [0.29, 0.717) is 5.02 Å². The molecule has 0 bridgehead atoms. The van der Waals surface area contributed by atoms with Gasteiger partial charge in [0.1, 0.15) is 11.0 Å². The van der Waals surface area contributed by atoms with Crippen molar-refractivity contribution >= 4 is 67.8 Å². The average Bonchev–Trinajstić information content (AvgIpc) is 2.77. The van der Waals surface area contributed by atoms with Crippen molar-refractivity contribution in [2.45, 2.75) is 30.4 Å². The van der Waals surface area contributed by atoms with E-state index in [-0.39, 0.29) is 38.3 Å². The first-order chi connectivity index (χ1) is 16.4. The van der Waals surface area contributed by atoms with Gasteiger partial charge in [0, 0.05) is 11.1 Å². The number of hydrogen-bond acceptors (Lipinski definition) is 5. The van der Waals surface area contributed by atoms with Crippen LogP contribution in [0.15, 0.2) is 59.5 Å². The lowest BCUT2D eigenvalue weighted by Gasteiger charge is -2.18. The number of aromatic hydroxyl groups is 1. The number of carbonyl (C=O) groups is 2. The first kappa shape index (κ1) is 26.8. The Kier molecular flexibility index (Phi) is 8.33. The molecule has 35 heavy (non-hydrogen) atoms. The Labute approximate surface area is 217 Å². The molecule has 3 rings (SSSR count). The maximum Gasteiger partial charge on any atom is 0.257 e. The van der Waals surface area contributed by atoms with Gasteiger partial charge >= 0.3 is 0 Å². The zero-order chi connectivity index (χ0) is 25.9. The fourth-order valence-corrected chi connectivity index (χ4v) is 5.77. The van der Waals surface area contributed by atoms with Gasteiger partial charge in [-0.05, 0) is 55.3 Å². The molecule has 0 aliphatic carbocycles. The number of halogens is 3. The molecule has 0 aromatic heterocycles. The molecule has 3 aromatic carbocycles. The van der Waals surface area contributed by atoms with Crippen LogP contribution in [0, 0.1) is 6.92 Å². The van der Waals surface area contributed by atoms with Crippen molar-refractivity contribution in [3.63, 3.8) is 0 Å². The molecule has 0 heterocycles. The van der Waals surface area contributed by atoms with Crippen molar-refractivity contribution in [1.82, 2.24) is 0 Å². The van der Waals surface area contributed by atoms with Crippen LogP contribution >= 0.6 is 34.8 Å². The number of amides is 2. The predicted octanol–water partition coefficient (Wildman–Crippen LogP) is 6.10. The van der Waals surface area contributed by atoms with E-state index < -0.39 is 32.7 Å². The molecule has 0 radical (unpaired) electrons. The molecule has 11 heteroatoms. The molecule has 7 nitrogen and oxygen atoms in total. The van der Waals surface area contributed by atoms with E-state index in [2.05, 4.69) is 10.6 Å². The number of sulfone groups is 1. The summed E-state index contributed by atoms with van der Waals surface area (Å²) >= 11 is 18.1. The van der Waals surface area contributed by atoms with E-state index in [1.807, 2.05) is 0 Å². The second kappa shape index (κ2) is 10.9. The van der Waals surface area contributed by atoms with Crippen LogP contribution in [0.25, 0.3) is 0 Å². The van der Waals surface area contributed by atoms with E-state index in [9.17, 15) is 23.1 Å². The highest BCUT2D eigenvalue weighted by atomic mass is 35.5. The minimum absolute atomic E-state index is 0.0156. The average molecular weight is 556 g/mol. The number of rotatable bonds is 7. The summed E-state index contributed by atoms with van der Waals surface area (Å²) in [6.07, 6.45) is 0.0156. The van der Waals surface area contributed by atoms with Crippen LogP contribution in [0.4, 0.5) is 11.4 Å². The summed E-state index contributed by atoms with van der Waals surface area (Å²) in [6.45, 7) is 3.33. The monoisotopic (exact) mass is 554 g/mol. The first-order valence-corrected chi connectivity index (χ1v) is 13.0. The van der Waals surface area contributed by atoms with Gasteiger partial charge in [0.25, 0.3) is 5.91 Å². The van der Waals surface area contributed by atoms with Crippen molar-refractivity contribution in [1.29, 1.82) is 0 Å². The maximum absolute atomic E-state index is 13.0. The zero-order valence-corrected chi connectivity index (χ0v) is 21.7. The Morgan fingerprint density at radius 1 is 0.943 bits per heavy atom. The Balaban J connectivity index is 1.82. The molecule has 0 aliphatic heterocycles. The highest BCUT2D eigenvalue weighted by molar-refractivity contribution is 7.92. The second-order valence-electron chi connectivity index (χ2n) is 7.68. The fourth-order valence-electron chi connectivity index (χ4n) is 3.34. The van der Waals surface area contributed by atoms with Gasteiger partial charge in [-0.3, -0.25) is 9.59 Å². The molecule has 3 N–H and O–H groups in total. The van der Waals surface area contributed by atoms with Crippen LogP contribution in [0.5, 0.6) is 5.75 Å². The van der Waals surface area contributed by atoms with Crippen LogP contribution in [-0.4, -0.2) is 30.6 Å². The van der Waals surface area contributed by atoms with E-state index >= 15 is 0 Å². The van der Waals surface area contributed by atoms with Gasteiger partial charge in [-0.15, -0.1) is 0 Å². The van der Waals surface area contributed by atoms with Crippen molar-refractivity contribution in [3.05, 3.63) is 80.8 Å². The molecule has 0 aliphatic rings. The van der Waals surface area contributed by atoms with Gasteiger partial charge in [-0.1, -0.05) is 53.9 Å². The molecule has 184 valence electrons. The minimum Gasteiger partial charge on any atom is -0.506 e. The second-order valence-corrected chi connectivity index (χ2v) is 11.1. The quantitative estimate of drug-likeness (QED) is 0.305. The third-order valence-electron chi connectivity index (χ3n) is 5.12. The largest absolute Gasteiger partial charge is 0.506 e. The molecule has 1 atom stereocenters. The number of aryl methyl sites for hydroxylation is 1. The molecule has 2 amide bonds. The number of anilines is 2. The highest BCUT2D eigenvalue weighted by Gasteiger charge is 2.33. The third kappa shape index (κ3) is 6.08. The molecular weight excluding hydrogens is 535 g/mol. The van der Waals surface area contributed by atoms with E-state index in [4.69, 9.17) is 34.8 Å². The van der Waals surface area contributed by atoms with Gasteiger partial charge in [0.15, 0.2) is 9.84 Å². The van der Waals surface area contributed by atoms with E-state index in [1.54, 1.807) is 26.0 Å². The molecule has 3 aromatic rings. The van der Waals surface area contributed by atoms with Crippen molar-refractivity contribution in [2.24, 2.45) is 0 Å². The summed E-state index contributed by atoms with van der Waals surface area (Å²) in [4.78, 5) is 25.5. The Bertz CT molecular complexity index is 1410. The summed E-state index contributed by atoms with van der Waals surface area (Å²) in [5.41, 5.74) is 0.806. The summed E-state index contributed by atoms with van der Waals surface area (Å²) < 4.78 is 26.1. The van der Waals surface area contributed by atoms with Crippen LogP contribution in [-0.2, 0) is 14.6 Å². The minimum atomic E-state index is -3.97. The molecule has 0 saturated carbocycles. The SMILES string of the molecule is CCC(C(=O)Nc1cc(O)c(NC(=O)c2ccc(Cl)cc2Cl)cc1Cl)S(=O)(=O)c1cccc(C)c1. The number of phenolic OH excluding ortho intramolecular Hbond substituents is 1. The van der Waals surface area contributed by atoms with Gasteiger partial charge < -0.3 is 15.7 Å². The van der Waals surface area contributed by atoms with Crippen molar-refractivity contribution in [2.75, 3.05) is 10.6 Å². The Hall–Kier alpha value is -2.78. The normalized spacial score (nSPS) is 12.1. The van der Waals surface area contributed by atoms with Crippen molar-refractivity contribution in [3.8, 4) is 5.75 Å². The zero-order valence-electron chi connectivity index (χ0n) is 18.6. The van der Waals surface area contributed by atoms with Crippen LogP contribution in [0.2, 0.25) is 15.1 Å². The topological polar surface area (TPSA) is 113 Å². The number of phenols is 1.